The first kappa shape index (κ1) is 10.5. The van der Waals surface area contributed by atoms with Crippen LogP contribution in [0.3, 0.4) is 0 Å². The van der Waals surface area contributed by atoms with Crippen molar-refractivity contribution in [2.75, 3.05) is 0 Å². The first-order valence-electron chi connectivity index (χ1n) is 2.99. The Balaban J connectivity index is 3.82. The molecule has 0 aromatic rings. The molecule has 0 rings (SSSR count). The van der Waals surface area contributed by atoms with Crippen molar-refractivity contribution >= 4 is 18.7 Å². The van der Waals surface area contributed by atoms with Gasteiger partial charge >= 0.3 is 65.6 Å². The van der Waals surface area contributed by atoms with E-state index < -0.39 is 24.7 Å². The van der Waals surface area contributed by atoms with Crippen molar-refractivity contribution in [2.45, 2.75) is 23.6 Å². The van der Waals surface area contributed by atoms with E-state index in [4.69, 9.17) is 10.8 Å². The Morgan fingerprint density at radius 2 is 2.09 bits per heavy atom. The van der Waals surface area contributed by atoms with Crippen LogP contribution in [-0.4, -0.2) is 29.8 Å². The zero-order chi connectivity index (χ0) is 9.07. The van der Waals surface area contributed by atoms with E-state index >= 15 is 0 Å². The van der Waals surface area contributed by atoms with Crippen molar-refractivity contribution in [2.24, 2.45) is 5.73 Å². The second kappa shape index (κ2) is 3.80. The van der Waals surface area contributed by atoms with E-state index in [0.717, 1.165) is 5.82 Å². The molecular weight excluding hydrogens is 217 g/mol. The van der Waals surface area contributed by atoms with Gasteiger partial charge in [-0.15, -0.1) is 0 Å². The van der Waals surface area contributed by atoms with Crippen molar-refractivity contribution in [1.29, 1.82) is 0 Å². The maximum absolute atomic E-state index is 10.6. The Labute approximate surface area is 66.2 Å². The molecule has 0 aliphatic heterocycles. The van der Waals surface area contributed by atoms with Crippen LogP contribution in [0.5, 0.6) is 0 Å². The van der Waals surface area contributed by atoms with Crippen LogP contribution in [0.15, 0.2) is 0 Å². The fourth-order valence-electron chi connectivity index (χ4n) is 0.465. The summed E-state index contributed by atoms with van der Waals surface area (Å²) >= 11 is -3.77. The summed E-state index contributed by atoms with van der Waals surface area (Å²) in [6.45, 7) is 0. The molecule has 0 spiro atoms. The molecule has 0 fully saturated rings. The van der Waals surface area contributed by atoms with Gasteiger partial charge in [0.05, 0.1) is 0 Å². The van der Waals surface area contributed by atoms with Crippen molar-refractivity contribution in [1.82, 2.24) is 0 Å². The Bertz CT molecular complexity index is 233. The predicted molar refractivity (Wildman–Crippen MR) is 38.0 cm³/mol. The Hall–Kier alpha value is -0.451. The van der Waals surface area contributed by atoms with Gasteiger partial charge in [-0.05, 0) is 0 Å². The summed E-state index contributed by atoms with van der Waals surface area (Å²) in [6, 6.07) is -1.06. The van der Waals surface area contributed by atoms with Crippen LogP contribution in [0, 0.1) is 0 Å². The number of rotatable bonds is 4. The quantitative estimate of drug-likeness (QED) is 0.645. The molecule has 0 aliphatic rings. The summed E-state index contributed by atoms with van der Waals surface area (Å²) < 4.78 is 21.2. The summed E-state index contributed by atoms with van der Waals surface area (Å²) in [6.07, 6.45) is -0.00116. The molecule has 0 saturated heterocycles. The molecule has 0 aromatic heterocycles. The molecular formula is C5H11NO4Se. The average Bonchev–Trinajstić information content (AvgIpc) is 1.80. The van der Waals surface area contributed by atoms with Gasteiger partial charge in [-0.2, -0.15) is 0 Å². The number of carbonyl (C=O) groups is 1. The van der Waals surface area contributed by atoms with Gasteiger partial charge in [0.1, 0.15) is 0 Å². The van der Waals surface area contributed by atoms with Gasteiger partial charge < -0.3 is 0 Å². The zero-order valence-corrected chi connectivity index (χ0v) is 7.86. The predicted octanol–water partition coefficient (Wildman–Crippen LogP) is -0.279. The number of nitrogens with two attached hydrogens (primary N) is 1. The standard InChI is InChI=1S/C5H11NO4Se/c1-11(9,10)3-2-4(6)5(7)8/h4H,2-3,6H2,1H3,(H,7,8). The first-order chi connectivity index (χ1) is 4.83. The molecule has 1 unspecified atom stereocenters. The molecule has 0 aliphatic carbocycles. The molecule has 11 heavy (non-hydrogen) atoms. The molecule has 66 valence electrons. The van der Waals surface area contributed by atoms with Crippen LogP contribution in [0.2, 0.25) is 11.1 Å². The molecule has 0 heterocycles. The van der Waals surface area contributed by atoms with Crippen molar-refractivity contribution in [3.8, 4) is 0 Å². The van der Waals surface area contributed by atoms with Crippen molar-refractivity contribution in [3.05, 3.63) is 0 Å². The Morgan fingerprint density at radius 3 is 2.36 bits per heavy atom. The second-order valence-corrected chi connectivity index (χ2v) is 7.10. The van der Waals surface area contributed by atoms with E-state index in [1.165, 1.54) is 0 Å². The SMILES string of the molecule is C[Se](=O)(=O)CCC(N)C(=O)O. The topological polar surface area (TPSA) is 97.5 Å². The minimum absolute atomic E-state index is 0.00116. The molecule has 0 bridgehead atoms. The number of hydrogen-bond donors (Lipinski definition) is 2. The molecule has 0 radical (unpaired) electrons. The van der Waals surface area contributed by atoms with Gasteiger partial charge in [-0.1, -0.05) is 0 Å². The molecule has 1 atom stereocenters. The number of aliphatic carboxylic acids is 1. The monoisotopic (exact) mass is 229 g/mol. The maximum atomic E-state index is 10.6. The third-order valence-electron chi connectivity index (χ3n) is 1.12. The molecule has 6 heteroatoms. The van der Waals surface area contributed by atoms with Crippen LogP contribution < -0.4 is 5.73 Å². The van der Waals surface area contributed by atoms with Crippen LogP contribution in [-0.2, 0) is 12.5 Å². The van der Waals surface area contributed by atoms with E-state index in [-0.39, 0.29) is 11.7 Å². The molecule has 0 amide bonds. The van der Waals surface area contributed by atoms with Gasteiger partial charge in [0.15, 0.2) is 0 Å². The normalized spacial score (nSPS) is 14.4. The molecule has 0 saturated carbocycles. The van der Waals surface area contributed by atoms with Crippen molar-refractivity contribution in [3.63, 3.8) is 0 Å². The summed E-state index contributed by atoms with van der Waals surface area (Å²) in [5, 5.41) is 8.16. The summed E-state index contributed by atoms with van der Waals surface area (Å²) in [7, 11) is 0. The molecule has 5 nitrogen and oxygen atoms in total. The Kier molecular flexibility index (Phi) is 3.65. The van der Waals surface area contributed by atoms with Gasteiger partial charge in [0.2, 0.25) is 0 Å². The van der Waals surface area contributed by atoms with Gasteiger partial charge in [0.25, 0.3) is 0 Å². The molecule has 0 aromatic carbocycles. The second-order valence-electron chi connectivity index (χ2n) is 2.36. The molecule has 3 N–H and O–H groups in total. The van der Waals surface area contributed by atoms with Crippen LogP contribution in [0.25, 0.3) is 0 Å². The van der Waals surface area contributed by atoms with Gasteiger partial charge in [-0.3, -0.25) is 0 Å². The average molecular weight is 228 g/mol. The van der Waals surface area contributed by atoms with Crippen LogP contribution in [0.1, 0.15) is 6.42 Å². The van der Waals surface area contributed by atoms with E-state index in [1.54, 1.807) is 0 Å². The van der Waals surface area contributed by atoms with E-state index in [2.05, 4.69) is 0 Å². The van der Waals surface area contributed by atoms with E-state index in [1.807, 2.05) is 0 Å². The number of carboxylic acid groups (broad SMARTS) is 1. The minimum atomic E-state index is -3.77. The third-order valence-corrected chi connectivity index (χ3v) is 3.17. The Morgan fingerprint density at radius 1 is 1.64 bits per heavy atom. The third kappa shape index (κ3) is 5.97. The van der Waals surface area contributed by atoms with E-state index in [0.29, 0.717) is 0 Å². The fourth-order valence-corrected chi connectivity index (χ4v) is 1.90. The van der Waals surface area contributed by atoms with Crippen LogP contribution in [0.4, 0.5) is 0 Å². The number of carboxylic acids is 1. The zero-order valence-electron chi connectivity index (χ0n) is 6.15. The summed E-state index contributed by atoms with van der Waals surface area (Å²) in [5.74, 6) is -0.0447. The fraction of sp³-hybridized carbons (Fsp3) is 0.800. The van der Waals surface area contributed by atoms with E-state index in [9.17, 15) is 12.5 Å². The van der Waals surface area contributed by atoms with Crippen molar-refractivity contribution < 1.29 is 17.6 Å². The van der Waals surface area contributed by atoms with Gasteiger partial charge in [-0.25, -0.2) is 0 Å². The summed E-state index contributed by atoms with van der Waals surface area (Å²) in [5.41, 5.74) is 5.07. The number of hydrogen-bond acceptors (Lipinski definition) is 4. The first-order valence-corrected chi connectivity index (χ1v) is 7.31. The van der Waals surface area contributed by atoms with Crippen LogP contribution >= 0.6 is 0 Å². The van der Waals surface area contributed by atoms with Gasteiger partial charge in [0, 0.05) is 0 Å². The summed E-state index contributed by atoms with van der Waals surface area (Å²) in [4.78, 5) is 10.1.